The van der Waals surface area contributed by atoms with Gasteiger partial charge in [0, 0.05) is 63.0 Å². The zero-order chi connectivity index (χ0) is 25.0. The van der Waals surface area contributed by atoms with Crippen molar-refractivity contribution in [2.75, 3.05) is 38.6 Å². The zero-order valence-corrected chi connectivity index (χ0v) is 21.9. The van der Waals surface area contributed by atoms with Gasteiger partial charge in [-0.15, -0.1) is 10.2 Å². The van der Waals surface area contributed by atoms with Gasteiger partial charge in [-0.1, -0.05) is 23.8 Å². The molecule has 4 aliphatic rings. The van der Waals surface area contributed by atoms with Gasteiger partial charge < -0.3 is 14.4 Å². The Hall–Kier alpha value is -2.78. The predicted molar refractivity (Wildman–Crippen MR) is 138 cm³/mol. The molecule has 4 heterocycles. The van der Waals surface area contributed by atoms with E-state index in [-0.39, 0.29) is 17.9 Å². The number of rotatable bonds is 4. The Labute approximate surface area is 216 Å². The summed E-state index contributed by atoms with van der Waals surface area (Å²) in [5.41, 5.74) is 0.531. The van der Waals surface area contributed by atoms with Crippen LogP contribution in [0.2, 0.25) is 0 Å². The summed E-state index contributed by atoms with van der Waals surface area (Å²) in [7, 11) is 3.69. The Bertz CT molecular complexity index is 1220. The highest BCUT2D eigenvalue weighted by molar-refractivity contribution is 6.31. The third-order valence-corrected chi connectivity index (χ3v) is 8.52. The molecule has 0 aromatic carbocycles. The van der Waals surface area contributed by atoms with Gasteiger partial charge in [0.2, 0.25) is 5.91 Å². The van der Waals surface area contributed by atoms with Gasteiger partial charge in [0.1, 0.15) is 23.0 Å². The van der Waals surface area contributed by atoms with Crippen LogP contribution in [0.3, 0.4) is 0 Å². The minimum absolute atomic E-state index is 0.100. The number of anilines is 1. The number of aryl methyl sites for hydroxylation is 1. The standard InChI is InChI=1S/C26H33ClN8O/c1-17-23(29-11-10-28-17)33-12-6-18(7-13-33)24-31-30-22-16-34(26(8-9-26)25(36)32(2)3)15-19-14-20(27)4-5-21(19)35(22)24/h4-5,10-11,14,18-19,21H,6-9,12-13,15-16H2,1-3H3. The van der Waals surface area contributed by atoms with Crippen LogP contribution < -0.4 is 4.90 Å². The number of likely N-dealkylation sites (N-methyl/N-ethyl adjacent to an activating group) is 1. The van der Waals surface area contributed by atoms with E-state index >= 15 is 0 Å². The summed E-state index contributed by atoms with van der Waals surface area (Å²) in [6.07, 6.45) is 13.6. The van der Waals surface area contributed by atoms with Crippen molar-refractivity contribution < 1.29 is 4.79 Å². The van der Waals surface area contributed by atoms with Crippen LogP contribution in [0.15, 0.2) is 35.7 Å². The molecule has 10 heteroatoms. The molecular weight excluding hydrogens is 476 g/mol. The molecule has 2 fully saturated rings. The van der Waals surface area contributed by atoms with Gasteiger partial charge in [-0.25, -0.2) is 4.98 Å². The van der Waals surface area contributed by atoms with Crippen LogP contribution in [0.4, 0.5) is 5.82 Å². The van der Waals surface area contributed by atoms with Gasteiger partial charge in [0.15, 0.2) is 0 Å². The highest BCUT2D eigenvalue weighted by Gasteiger charge is 2.56. The number of amides is 1. The first-order valence-corrected chi connectivity index (χ1v) is 13.2. The lowest BCUT2D eigenvalue weighted by Crippen LogP contribution is -2.49. The second kappa shape index (κ2) is 8.95. The molecule has 2 aliphatic heterocycles. The van der Waals surface area contributed by atoms with Crippen molar-refractivity contribution in [3.8, 4) is 0 Å². The molecule has 0 N–H and O–H groups in total. The molecule has 1 saturated heterocycles. The quantitative estimate of drug-likeness (QED) is 0.627. The second-order valence-electron chi connectivity index (χ2n) is 10.7. The Morgan fingerprint density at radius 1 is 1.14 bits per heavy atom. The third-order valence-electron chi connectivity index (χ3n) is 8.27. The summed E-state index contributed by atoms with van der Waals surface area (Å²) in [6.45, 7) is 5.23. The normalized spacial score (nSPS) is 25.6. The fourth-order valence-corrected chi connectivity index (χ4v) is 6.49. The number of hydrogen-bond donors (Lipinski definition) is 0. The van der Waals surface area contributed by atoms with E-state index in [0.717, 1.165) is 73.5 Å². The maximum absolute atomic E-state index is 13.2. The van der Waals surface area contributed by atoms with Gasteiger partial charge in [0.25, 0.3) is 0 Å². The van der Waals surface area contributed by atoms with E-state index in [1.807, 2.05) is 27.1 Å². The molecule has 2 aliphatic carbocycles. The van der Waals surface area contributed by atoms with E-state index in [1.54, 1.807) is 17.3 Å². The van der Waals surface area contributed by atoms with E-state index in [9.17, 15) is 4.79 Å². The van der Waals surface area contributed by atoms with Crippen molar-refractivity contribution in [1.82, 2.24) is 34.5 Å². The Kier molecular flexibility index (Phi) is 5.87. The van der Waals surface area contributed by atoms with Crippen LogP contribution in [0, 0.1) is 12.8 Å². The maximum Gasteiger partial charge on any atom is 0.242 e. The molecule has 1 saturated carbocycles. The predicted octanol–water partition coefficient (Wildman–Crippen LogP) is 3.05. The Morgan fingerprint density at radius 3 is 2.58 bits per heavy atom. The van der Waals surface area contributed by atoms with E-state index in [0.29, 0.717) is 12.5 Å². The lowest BCUT2D eigenvalue weighted by atomic mass is 9.91. The average molecular weight is 509 g/mol. The molecule has 2 unspecified atom stereocenters. The summed E-state index contributed by atoms with van der Waals surface area (Å²) in [6, 6.07) is 0.100. The van der Waals surface area contributed by atoms with Crippen LogP contribution in [-0.2, 0) is 11.3 Å². The second-order valence-corrected chi connectivity index (χ2v) is 11.2. The van der Waals surface area contributed by atoms with E-state index in [1.165, 1.54) is 0 Å². The van der Waals surface area contributed by atoms with Crippen molar-refractivity contribution in [1.29, 1.82) is 0 Å². The fourth-order valence-electron chi connectivity index (χ4n) is 6.25. The van der Waals surface area contributed by atoms with Gasteiger partial charge in [-0.05, 0) is 38.7 Å². The molecule has 0 radical (unpaired) electrons. The molecule has 0 spiro atoms. The molecule has 2 aromatic heterocycles. The number of nitrogens with zero attached hydrogens (tertiary/aromatic N) is 8. The number of allylic oxidation sites excluding steroid dienone is 3. The molecular formula is C26H33ClN8O. The fraction of sp³-hybridized carbons (Fsp3) is 0.577. The molecule has 9 nitrogen and oxygen atoms in total. The summed E-state index contributed by atoms with van der Waals surface area (Å²) >= 11 is 6.48. The molecule has 36 heavy (non-hydrogen) atoms. The monoisotopic (exact) mass is 508 g/mol. The molecule has 1 amide bonds. The molecule has 190 valence electrons. The third kappa shape index (κ3) is 3.93. The van der Waals surface area contributed by atoms with Crippen LogP contribution in [0.5, 0.6) is 0 Å². The summed E-state index contributed by atoms with van der Waals surface area (Å²) in [4.78, 5) is 28.5. The van der Waals surface area contributed by atoms with E-state index in [2.05, 4.69) is 36.5 Å². The number of carbonyl (C=O) groups excluding carboxylic acids is 1. The van der Waals surface area contributed by atoms with E-state index in [4.69, 9.17) is 21.8 Å². The van der Waals surface area contributed by atoms with Gasteiger partial charge in [0.05, 0.1) is 18.3 Å². The van der Waals surface area contributed by atoms with Crippen LogP contribution in [-0.4, -0.2) is 79.7 Å². The van der Waals surface area contributed by atoms with Gasteiger partial charge >= 0.3 is 0 Å². The maximum atomic E-state index is 13.2. The van der Waals surface area contributed by atoms with Crippen LogP contribution >= 0.6 is 11.6 Å². The summed E-state index contributed by atoms with van der Waals surface area (Å²) in [5.74, 6) is 3.63. The lowest BCUT2D eigenvalue weighted by molar-refractivity contribution is -0.136. The average Bonchev–Trinajstić information content (AvgIpc) is 3.61. The minimum Gasteiger partial charge on any atom is -0.355 e. The highest BCUT2D eigenvalue weighted by atomic mass is 35.5. The molecule has 0 bridgehead atoms. The first-order chi connectivity index (χ1) is 17.4. The zero-order valence-electron chi connectivity index (χ0n) is 21.1. The van der Waals surface area contributed by atoms with E-state index < -0.39 is 5.54 Å². The first kappa shape index (κ1) is 23.6. The number of piperidine rings is 1. The van der Waals surface area contributed by atoms with Gasteiger partial charge in [-0.2, -0.15) is 0 Å². The lowest BCUT2D eigenvalue weighted by Gasteiger charge is -2.35. The van der Waals surface area contributed by atoms with Crippen molar-refractivity contribution in [3.63, 3.8) is 0 Å². The van der Waals surface area contributed by atoms with Gasteiger partial charge in [-0.3, -0.25) is 14.7 Å². The largest absolute Gasteiger partial charge is 0.355 e. The van der Waals surface area contributed by atoms with Crippen molar-refractivity contribution in [2.24, 2.45) is 5.92 Å². The van der Waals surface area contributed by atoms with Crippen molar-refractivity contribution >= 4 is 23.3 Å². The Balaban J connectivity index is 1.30. The van der Waals surface area contributed by atoms with Crippen LogP contribution in [0.1, 0.15) is 55.0 Å². The molecule has 6 rings (SSSR count). The van der Waals surface area contributed by atoms with Crippen molar-refractivity contribution in [3.05, 3.63) is 53.0 Å². The highest BCUT2D eigenvalue weighted by Crippen LogP contribution is 2.47. The van der Waals surface area contributed by atoms with Crippen LogP contribution in [0.25, 0.3) is 0 Å². The number of fused-ring (bicyclic) bond motifs is 3. The SMILES string of the molecule is Cc1nccnc1N1CCC(c2nnc3n2C2C=CC(Cl)=CC2CN(C2(C(=O)N(C)C)CC2)C3)CC1. The number of carbonyl (C=O) groups is 1. The smallest absolute Gasteiger partial charge is 0.242 e. The number of aromatic nitrogens is 5. The molecule has 2 atom stereocenters. The topological polar surface area (TPSA) is 83.3 Å². The molecule has 2 aromatic rings. The minimum atomic E-state index is -0.434. The number of hydrogen-bond acceptors (Lipinski definition) is 7. The number of halogens is 1. The summed E-state index contributed by atoms with van der Waals surface area (Å²) in [5, 5.41) is 10.2. The Morgan fingerprint density at radius 2 is 1.89 bits per heavy atom. The first-order valence-electron chi connectivity index (χ1n) is 12.9. The van der Waals surface area contributed by atoms with Crippen molar-refractivity contribution in [2.45, 2.75) is 56.7 Å². The summed E-state index contributed by atoms with van der Waals surface area (Å²) < 4.78 is 2.35.